The third-order valence-electron chi connectivity index (χ3n) is 9.04. The quantitative estimate of drug-likeness (QED) is 0.507. The van der Waals surface area contributed by atoms with Gasteiger partial charge in [0.15, 0.2) is 17.1 Å². The Morgan fingerprint density at radius 3 is 2.53 bits per heavy atom. The molecule has 4 aliphatic rings. The van der Waals surface area contributed by atoms with Crippen LogP contribution in [0.2, 0.25) is 0 Å². The maximum absolute atomic E-state index is 17.1. The van der Waals surface area contributed by atoms with Gasteiger partial charge in [-0.15, -0.1) is 0 Å². The highest BCUT2D eigenvalue weighted by molar-refractivity contribution is 7.77. The van der Waals surface area contributed by atoms with E-state index in [9.17, 15) is 19.5 Å². The Hall–Kier alpha value is -1.67. The molecule has 1 N–H and O–H groups in total. The van der Waals surface area contributed by atoms with Gasteiger partial charge < -0.3 is 27.3 Å². The lowest BCUT2D eigenvalue weighted by molar-refractivity contribution is -0.228. The van der Waals surface area contributed by atoms with E-state index in [0.717, 1.165) is 6.08 Å². The van der Waals surface area contributed by atoms with Gasteiger partial charge in [0.05, 0.1) is 11.2 Å². The number of carbonyl (C=O) groups excluding carboxylic acids is 3. The first-order chi connectivity index (χ1) is 14.8. The molecule has 0 aromatic carbocycles. The molecular formula is C24H29F2O5S-. The van der Waals surface area contributed by atoms with Gasteiger partial charge in [-0.25, -0.2) is 8.78 Å². The van der Waals surface area contributed by atoms with Crippen molar-refractivity contribution in [1.29, 1.82) is 0 Å². The zero-order valence-electron chi connectivity index (χ0n) is 18.7. The van der Waals surface area contributed by atoms with Gasteiger partial charge >= 0.3 is 5.97 Å². The number of esters is 1. The Bertz CT molecular complexity index is 949. The van der Waals surface area contributed by atoms with E-state index in [4.69, 9.17) is 17.4 Å². The van der Waals surface area contributed by atoms with Crippen LogP contribution in [0.15, 0.2) is 23.8 Å². The molecule has 0 aromatic rings. The Labute approximate surface area is 192 Å². The second-order valence-corrected chi connectivity index (χ2v) is 10.7. The molecule has 0 heterocycles. The molecule has 1 unspecified atom stereocenters. The van der Waals surface area contributed by atoms with Crippen LogP contribution in [0.1, 0.15) is 53.4 Å². The van der Waals surface area contributed by atoms with E-state index in [1.54, 1.807) is 20.8 Å². The third-order valence-corrected chi connectivity index (χ3v) is 9.34. The molecule has 0 saturated heterocycles. The molecule has 0 aliphatic heterocycles. The van der Waals surface area contributed by atoms with Crippen LogP contribution in [0.5, 0.6) is 0 Å². The Morgan fingerprint density at radius 2 is 1.94 bits per heavy atom. The van der Waals surface area contributed by atoms with Crippen molar-refractivity contribution in [3.8, 4) is 0 Å². The minimum absolute atomic E-state index is 0.0362. The second kappa shape index (κ2) is 7.16. The van der Waals surface area contributed by atoms with Gasteiger partial charge in [0.1, 0.15) is 6.17 Å². The first-order valence-corrected chi connectivity index (χ1v) is 11.6. The van der Waals surface area contributed by atoms with E-state index < -0.39 is 69.0 Å². The zero-order valence-corrected chi connectivity index (χ0v) is 19.5. The first kappa shape index (κ1) is 23.5. The predicted molar refractivity (Wildman–Crippen MR) is 115 cm³/mol. The summed E-state index contributed by atoms with van der Waals surface area (Å²) in [6, 6.07) is 0. The topological polar surface area (TPSA) is 80.7 Å². The number of ether oxygens (including phenoxy) is 1. The van der Waals surface area contributed by atoms with Crippen molar-refractivity contribution in [2.45, 2.75) is 76.9 Å². The Balaban J connectivity index is 1.87. The largest absolute Gasteiger partial charge is 0.738 e. The van der Waals surface area contributed by atoms with Crippen LogP contribution < -0.4 is 0 Å². The number of alkyl halides is 2. The number of fused-ring (bicyclic) bond motifs is 5. The van der Waals surface area contributed by atoms with Crippen LogP contribution in [0, 0.1) is 28.6 Å². The first-order valence-electron chi connectivity index (χ1n) is 11.2. The predicted octanol–water partition coefficient (Wildman–Crippen LogP) is 3.32. The maximum Gasteiger partial charge on any atom is 0.306 e. The van der Waals surface area contributed by atoms with Crippen LogP contribution in [-0.2, 0) is 31.7 Å². The third kappa shape index (κ3) is 2.59. The number of halogens is 2. The van der Waals surface area contributed by atoms with Crippen LogP contribution in [-0.4, -0.2) is 45.5 Å². The minimum atomic E-state index is -2.25. The summed E-state index contributed by atoms with van der Waals surface area (Å²) in [5.41, 5.74) is -6.56. The molecule has 32 heavy (non-hydrogen) atoms. The highest BCUT2D eigenvalue weighted by atomic mass is 32.1. The minimum Gasteiger partial charge on any atom is -0.738 e. The molecule has 8 heteroatoms. The van der Waals surface area contributed by atoms with E-state index in [1.807, 2.05) is 0 Å². The number of ketones is 1. The van der Waals surface area contributed by atoms with E-state index in [1.165, 1.54) is 19.1 Å². The van der Waals surface area contributed by atoms with Gasteiger partial charge in [-0.1, -0.05) is 26.8 Å². The number of hydrogen-bond donors (Lipinski definition) is 1. The normalized spacial score (nSPS) is 49.5. The van der Waals surface area contributed by atoms with Crippen molar-refractivity contribution < 1.29 is 33.0 Å². The fraction of sp³-hybridized carbons (Fsp3) is 0.708. The summed E-state index contributed by atoms with van der Waals surface area (Å²) in [5.74, 6) is -3.02. The van der Waals surface area contributed by atoms with Gasteiger partial charge in [0, 0.05) is 29.1 Å². The number of rotatable bonds is 3. The lowest BCUT2D eigenvalue weighted by Gasteiger charge is -2.63. The average molecular weight is 468 g/mol. The molecule has 0 radical (unpaired) electrons. The molecule has 0 aromatic heterocycles. The van der Waals surface area contributed by atoms with Crippen LogP contribution in [0.25, 0.3) is 0 Å². The molecule has 3 saturated carbocycles. The fourth-order valence-electron chi connectivity index (χ4n) is 7.47. The standard InChI is InChI=1S/C24H30F2O5S/c1-5-19(29)31-24(20(30)32)12(2)8-14-15-10-17(25)16-9-13(27)6-7-21(16,3)23(15,26)18(28)11-22(14,24)4/h6-7,9,12,14-15,17-18,28H,5,8,10-11H2,1-4H3,(H,30,32)/p-1/t12-,14+,15?,17+,18+,21+,22+,23+,24+/m1/s1. The molecule has 3 fully saturated rings. The number of carbonyl (C=O) groups is 3. The van der Waals surface area contributed by atoms with Crippen molar-refractivity contribution in [3.05, 3.63) is 23.8 Å². The Kier molecular flexibility index (Phi) is 5.26. The molecule has 4 aliphatic carbocycles. The van der Waals surface area contributed by atoms with Gasteiger partial charge in [-0.2, -0.15) is 0 Å². The van der Waals surface area contributed by atoms with Crippen molar-refractivity contribution in [3.63, 3.8) is 0 Å². The summed E-state index contributed by atoms with van der Waals surface area (Å²) in [6.45, 7) is 6.57. The molecule has 0 amide bonds. The average Bonchev–Trinajstić information content (AvgIpc) is 2.93. The van der Waals surface area contributed by atoms with Crippen LogP contribution in [0.3, 0.4) is 0 Å². The second-order valence-electron chi connectivity index (χ2n) is 10.3. The van der Waals surface area contributed by atoms with Gasteiger partial charge in [-0.3, -0.25) is 9.59 Å². The Morgan fingerprint density at radius 1 is 1.28 bits per heavy atom. The SMILES string of the molecule is CCC(=O)O[C@]1(C(=O)[S-])[C@H](C)C[C@H]2C3C[C@H](F)C4=CC(=O)C=C[C@]4(C)[C@@]3(F)[C@@H](O)C[C@@]21C. The molecule has 176 valence electrons. The van der Waals surface area contributed by atoms with E-state index >= 15 is 8.78 Å². The molecule has 0 spiro atoms. The van der Waals surface area contributed by atoms with Crippen molar-refractivity contribution in [2.75, 3.05) is 0 Å². The van der Waals surface area contributed by atoms with Gasteiger partial charge in [0.2, 0.25) is 0 Å². The number of aliphatic hydroxyl groups is 1. The summed E-state index contributed by atoms with van der Waals surface area (Å²) in [4.78, 5) is 37.1. The lowest BCUT2D eigenvalue weighted by Crippen LogP contribution is -2.70. The number of allylic oxidation sites excluding steroid dienone is 4. The summed E-state index contributed by atoms with van der Waals surface area (Å²) in [5, 5.41) is 10.5. The van der Waals surface area contributed by atoms with E-state index in [2.05, 4.69) is 0 Å². The number of hydrogen-bond acceptors (Lipinski definition) is 6. The summed E-state index contributed by atoms with van der Waals surface area (Å²) < 4.78 is 38.3. The fourth-order valence-corrected chi connectivity index (χ4v) is 7.95. The van der Waals surface area contributed by atoms with Crippen LogP contribution in [0.4, 0.5) is 8.78 Å². The van der Waals surface area contributed by atoms with Gasteiger partial charge in [-0.05, 0) is 49.8 Å². The monoisotopic (exact) mass is 467 g/mol. The highest BCUT2D eigenvalue weighted by Gasteiger charge is 2.76. The van der Waals surface area contributed by atoms with Crippen LogP contribution >= 0.6 is 0 Å². The number of aliphatic hydroxyl groups excluding tert-OH is 1. The summed E-state index contributed by atoms with van der Waals surface area (Å²) in [6.07, 6.45) is 0.529. The molecule has 4 rings (SSSR count). The summed E-state index contributed by atoms with van der Waals surface area (Å²) in [7, 11) is 0. The molecular weight excluding hydrogens is 438 g/mol. The molecule has 9 atom stereocenters. The van der Waals surface area contributed by atoms with Gasteiger partial charge in [0.25, 0.3) is 0 Å². The highest BCUT2D eigenvalue weighted by Crippen LogP contribution is 2.71. The lowest BCUT2D eigenvalue weighted by atomic mass is 9.44. The molecule has 5 nitrogen and oxygen atoms in total. The van der Waals surface area contributed by atoms with E-state index in [-0.39, 0.29) is 24.8 Å². The van der Waals surface area contributed by atoms with Crippen molar-refractivity contribution in [1.82, 2.24) is 0 Å². The summed E-state index contributed by atoms with van der Waals surface area (Å²) >= 11 is 5.07. The van der Waals surface area contributed by atoms with Crippen molar-refractivity contribution >= 4 is 29.5 Å². The maximum atomic E-state index is 17.1. The van der Waals surface area contributed by atoms with E-state index in [0.29, 0.717) is 6.42 Å². The zero-order chi connectivity index (χ0) is 23.9. The molecule has 0 bridgehead atoms. The smallest absolute Gasteiger partial charge is 0.306 e. The van der Waals surface area contributed by atoms with Crippen molar-refractivity contribution in [2.24, 2.45) is 28.6 Å².